The molecule has 0 aliphatic heterocycles. The number of phosphoric acid groups is 1. The number of rotatable bonds is 39. The maximum atomic E-state index is 12.4. The first-order valence-electron chi connectivity index (χ1n) is 21.7. The van der Waals surface area contributed by atoms with Gasteiger partial charge in [0.2, 0.25) is 0 Å². The number of esters is 2. The summed E-state index contributed by atoms with van der Waals surface area (Å²) in [4.78, 5) is 54.5. The molecule has 0 amide bonds. The monoisotopic (exact) mass is 795 g/mol. The summed E-state index contributed by atoms with van der Waals surface area (Å²) in [5.74, 6) is 0.0200. The zero-order chi connectivity index (χ0) is 40.7. The third-order valence-electron chi connectivity index (χ3n) is 9.25. The van der Waals surface area contributed by atoms with Crippen molar-refractivity contribution in [2.24, 2.45) is 5.92 Å². The van der Waals surface area contributed by atoms with Gasteiger partial charge in [-0.25, -0.2) is 4.57 Å². The van der Waals surface area contributed by atoms with Gasteiger partial charge in [-0.3, -0.25) is 18.9 Å². The number of carbonyl (C=O) groups excluding carboxylic acids is 3. The Hall–Kier alpha value is -2.32. The van der Waals surface area contributed by atoms with Crippen LogP contribution in [0.3, 0.4) is 0 Å². The van der Waals surface area contributed by atoms with Crippen LogP contribution in [0.25, 0.3) is 0 Å². The molecule has 0 aromatic rings. The van der Waals surface area contributed by atoms with E-state index in [-0.39, 0.29) is 25.2 Å². The Kier molecular flexibility index (Phi) is 36.9. The summed E-state index contributed by atoms with van der Waals surface area (Å²) < 4.78 is 26.3. The minimum Gasteiger partial charge on any atom is -0.462 e. The van der Waals surface area contributed by atoms with E-state index in [1.165, 1.54) is 83.5 Å². The van der Waals surface area contributed by atoms with Crippen LogP contribution in [0.1, 0.15) is 194 Å². The van der Waals surface area contributed by atoms with Gasteiger partial charge < -0.3 is 19.3 Å². The highest BCUT2D eigenvalue weighted by atomic mass is 31.2. The molecular weight excluding hydrogens is 715 g/mol. The summed E-state index contributed by atoms with van der Waals surface area (Å²) in [6.07, 6.45) is 42.5. The number of phosphoric ester groups is 1. The summed E-state index contributed by atoms with van der Waals surface area (Å²) in [6.45, 7) is 5.83. The van der Waals surface area contributed by atoms with Crippen LogP contribution in [-0.4, -0.2) is 46.8 Å². The van der Waals surface area contributed by atoms with Gasteiger partial charge in [0.15, 0.2) is 11.9 Å². The van der Waals surface area contributed by atoms with Crippen molar-refractivity contribution in [3.63, 3.8) is 0 Å². The summed E-state index contributed by atoms with van der Waals surface area (Å²) >= 11 is 0. The standard InChI is InChI=1S/C45H79O9P/c1-4-5-29-35-42(46)36-31-26-22-18-14-12-16-19-23-27-32-37-44(47)52-39-43(40-53-55(49,50)51)54-45(48)38-33-28-24-20-15-11-9-7-6-8-10-13-17-21-25-30-34-41(2)3/h12,14,19,22-23,26,31,36,41,43H,4-11,13,15-18,20-21,24-25,27-30,32-35,37-40H2,1-3H3,(H2,49,50,51)/b14-12-,23-19-,26-22-,36-31+/t43-/m1/s1. The van der Waals surface area contributed by atoms with E-state index in [9.17, 15) is 18.9 Å². The van der Waals surface area contributed by atoms with E-state index >= 15 is 0 Å². The molecular formula is C45H79O9P. The molecule has 55 heavy (non-hydrogen) atoms. The van der Waals surface area contributed by atoms with Gasteiger partial charge in [0.25, 0.3) is 0 Å². The lowest BCUT2D eigenvalue weighted by atomic mass is 10.0. The van der Waals surface area contributed by atoms with Gasteiger partial charge in [0.05, 0.1) is 6.61 Å². The molecule has 0 rings (SSSR count). The topological polar surface area (TPSA) is 136 Å². The van der Waals surface area contributed by atoms with Crippen molar-refractivity contribution >= 4 is 25.5 Å². The fourth-order valence-electron chi connectivity index (χ4n) is 5.98. The summed E-state index contributed by atoms with van der Waals surface area (Å²) in [5.41, 5.74) is 0. The Labute approximate surface area is 335 Å². The molecule has 0 aromatic heterocycles. The van der Waals surface area contributed by atoms with E-state index in [1.807, 2.05) is 24.3 Å². The molecule has 0 bridgehead atoms. The average molecular weight is 795 g/mol. The van der Waals surface area contributed by atoms with Crippen LogP contribution in [0.15, 0.2) is 48.6 Å². The van der Waals surface area contributed by atoms with Gasteiger partial charge in [-0.05, 0) is 50.5 Å². The Morgan fingerprint density at radius 1 is 0.582 bits per heavy atom. The van der Waals surface area contributed by atoms with Crippen molar-refractivity contribution in [2.75, 3.05) is 13.2 Å². The van der Waals surface area contributed by atoms with E-state index in [0.717, 1.165) is 57.3 Å². The molecule has 0 aliphatic rings. The van der Waals surface area contributed by atoms with Crippen molar-refractivity contribution < 1.29 is 42.7 Å². The van der Waals surface area contributed by atoms with Gasteiger partial charge in [-0.2, -0.15) is 0 Å². The van der Waals surface area contributed by atoms with E-state index < -0.39 is 32.5 Å². The molecule has 0 saturated heterocycles. The zero-order valence-corrected chi connectivity index (χ0v) is 35.9. The van der Waals surface area contributed by atoms with Crippen LogP contribution in [0.5, 0.6) is 0 Å². The lowest BCUT2D eigenvalue weighted by Crippen LogP contribution is -2.29. The molecule has 0 heterocycles. The van der Waals surface area contributed by atoms with E-state index in [0.29, 0.717) is 25.7 Å². The molecule has 2 N–H and O–H groups in total. The first-order valence-corrected chi connectivity index (χ1v) is 23.3. The minimum atomic E-state index is -4.78. The number of hydrogen-bond donors (Lipinski definition) is 2. The Morgan fingerprint density at radius 2 is 1.09 bits per heavy atom. The van der Waals surface area contributed by atoms with E-state index in [1.54, 1.807) is 12.2 Å². The van der Waals surface area contributed by atoms with Crippen molar-refractivity contribution in [1.29, 1.82) is 0 Å². The number of hydrogen-bond acceptors (Lipinski definition) is 7. The van der Waals surface area contributed by atoms with Crippen molar-refractivity contribution in [3.05, 3.63) is 48.6 Å². The van der Waals surface area contributed by atoms with Gasteiger partial charge in [0.1, 0.15) is 6.61 Å². The van der Waals surface area contributed by atoms with Gasteiger partial charge in [0, 0.05) is 19.3 Å². The molecule has 0 aliphatic carbocycles. The third-order valence-corrected chi connectivity index (χ3v) is 9.74. The first-order chi connectivity index (χ1) is 26.5. The van der Waals surface area contributed by atoms with Crippen LogP contribution < -0.4 is 0 Å². The fourth-order valence-corrected chi connectivity index (χ4v) is 6.34. The van der Waals surface area contributed by atoms with Crippen LogP contribution in [0.4, 0.5) is 0 Å². The highest BCUT2D eigenvalue weighted by Crippen LogP contribution is 2.36. The first kappa shape index (κ1) is 52.7. The molecule has 0 aromatic carbocycles. The van der Waals surface area contributed by atoms with Crippen molar-refractivity contribution in [2.45, 2.75) is 200 Å². The molecule has 9 nitrogen and oxygen atoms in total. The van der Waals surface area contributed by atoms with Gasteiger partial charge >= 0.3 is 19.8 Å². The van der Waals surface area contributed by atoms with Crippen molar-refractivity contribution in [3.8, 4) is 0 Å². The predicted octanol–water partition coefficient (Wildman–Crippen LogP) is 12.6. The second-order valence-corrected chi connectivity index (χ2v) is 16.4. The fraction of sp³-hybridized carbons (Fsp3) is 0.756. The van der Waals surface area contributed by atoms with Crippen LogP contribution in [-0.2, 0) is 32.9 Å². The SMILES string of the molecule is CCCCCC(=O)/C=C/C=C\C/C=C\C/C=C\CCCC(=O)OC[C@H](COP(=O)(O)O)OC(=O)CCCCCCCCCCCCCCCCCCC(C)C. The third kappa shape index (κ3) is 42.7. The lowest BCUT2D eigenvalue weighted by molar-refractivity contribution is -0.161. The lowest BCUT2D eigenvalue weighted by Gasteiger charge is -2.18. The highest BCUT2D eigenvalue weighted by Gasteiger charge is 2.22. The van der Waals surface area contributed by atoms with Crippen LogP contribution in [0.2, 0.25) is 0 Å². The molecule has 318 valence electrons. The number of allylic oxidation sites excluding steroid dienone is 8. The molecule has 0 saturated carbocycles. The molecule has 10 heteroatoms. The van der Waals surface area contributed by atoms with Crippen LogP contribution in [0, 0.1) is 5.92 Å². The minimum absolute atomic E-state index is 0.165. The highest BCUT2D eigenvalue weighted by molar-refractivity contribution is 7.46. The Morgan fingerprint density at radius 3 is 1.65 bits per heavy atom. The average Bonchev–Trinajstić information content (AvgIpc) is 3.13. The maximum Gasteiger partial charge on any atom is 0.469 e. The quantitative estimate of drug-likeness (QED) is 0.0156. The molecule has 0 fully saturated rings. The van der Waals surface area contributed by atoms with Crippen LogP contribution >= 0.6 is 7.82 Å². The van der Waals surface area contributed by atoms with E-state index in [2.05, 4.69) is 37.4 Å². The number of ether oxygens (including phenoxy) is 2. The molecule has 1 atom stereocenters. The maximum absolute atomic E-state index is 12.4. The Bertz CT molecular complexity index is 1110. The largest absolute Gasteiger partial charge is 0.469 e. The normalized spacial score (nSPS) is 12.9. The summed E-state index contributed by atoms with van der Waals surface area (Å²) in [5, 5.41) is 0. The number of unbranched alkanes of at least 4 members (excludes halogenated alkanes) is 18. The summed E-state index contributed by atoms with van der Waals surface area (Å²) in [7, 11) is -4.78. The van der Waals surface area contributed by atoms with Crippen molar-refractivity contribution in [1.82, 2.24) is 0 Å². The molecule has 0 spiro atoms. The molecule has 0 radical (unpaired) electrons. The summed E-state index contributed by atoms with van der Waals surface area (Å²) in [6, 6.07) is 0. The molecule has 0 unspecified atom stereocenters. The second-order valence-electron chi connectivity index (χ2n) is 15.2. The van der Waals surface area contributed by atoms with E-state index in [4.69, 9.17) is 19.3 Å². The van der Waals surface area contributed by atoms with Gasteiger partial charge in [-0.1, -0.05) is 179 Å². The Balaban J connectivity index is 4.01. The number of ketones is 1. The van der Waals surface area contributed by atoms with Gasteiger partial charge in [-0.15, -0.1) is 0 Å². The second kappa shape index (κ2) is 38.5. The number of carbonyl (C=O) groups is 3. The predicted molar refractivity (Wildman–Crippen MR) is 226 cm³/mol. The smallest absolute Gasteiger partial charge is 0.462 e. The zero-order valence-electron chi connectivity index (χ0n) is 35.0.